The predicted octanol–water partition coefficient (Wildman–Crippen LogP) is 3.58. The molecule has 0 aliphatic rings. The van der Waals surface area contributed by atoms with Gasteiger partial charge in [0.15, 0.2) is 11.5 Å². The number of ether oxygens (including phenoxy) is 2. The average molecular weight is 398 g/mol. The minimum atomic E-state index is -3.75. The molecule has 0 bridgehead atoms. The van der Waals surface area contributed by atoms with Gasteiger partial charge in [0.2, 0.25) is 0 Å². The van der Waals surface area contributed by atoms with Crippen LogP contribution in [0.1, 0.15) is 11.1 Å². The number of aryl methyl sites for hydroxylation is 1. The van der Waals surface area contributed by atoms with Crippen molar-refractivity contribution in [2.24, 2.45) is 4.40 Å². The minimum Gasteiger partial charge on any atom is -0.493 e. The van der Waals surface area contributed by atoms with Crippen LogP contribution in [-0.2, 0) is 10.0 Å². The van der Waals surface area contributed by atoms with E-state index in [0.29, 0.717) is 21.5 Å². The zero-order chi connectivity index (χ0) is 17.0. The lowest BCUT2D eigenvalue weighted by Crippen LogP contribution is -1.99. The van der Waals surface area contributed by atoms with Gasteiger partial charge in [0.1, 0.15) is 0 Å². The molecule has 2 aromatic rings. The van der Waals surface area contributed by atoms with Gasteiger partial charge in [-0.25, -0.2) is 0 Å². The number of nitrogens with zero attached hydrogens (tertiary/aromatic N) is 1. The summed E-state index contributed by atoms with van der Waals surface area (Å²) in [4.78, 5) is 0.149. The molecule has 122 valence electrons. The van der Waals surface area contributed by atoms with Gasteiger partial charge in [-0.1, -0.05) is 17.7 Å². The molecule has 5 nitrogen and oxygen atoms in total. The molecule has 0 N–H and O–H groups in total. The summed E-state index contributed by atoms with van der Waals surface area (Å²) in [5.41, 5.74) is 1.55. The van der Waals surface area contributed by atoms with E-state index >= 15 is 0 Å². The Balaban J connectivity index is 2.37. The van der Waals surface area contributed by atoms with Gasteiger partial charge in [-0.2, -0.15) is 12.8 Å². The third-order valence-corrected chi connectivity index (χ3v) is 5.09. The molecule has 0 heterocycles. The number of methoxy groups -OCH3 is 2. The van der Waals surface area contributed by atoms with Gasteiger partial charge in [0.25, 0.3) is 10.0 Å². The smallest absolute Gasteiger partial charge is 0.282 e. The topological polar surface area (TPSA) is 65.0 Å². The highest BCUT2D eigenvalue weighted by Gasteiger charge is 2.13. The second-order valence-corrected chi connectivity index (χ2v) is 7.24. The molecule has 7 heteroatoms. The van der Waals surface area contributed by atoms with E-state index in [0.717, 1.165) is 5.56 Å². The number of hydrogen-bond acceptors (Lipinski definition) is 4. The fourth-order valence-corrected chi connectivity index (χ4v) is 3.14. The molecule has 2 aromatic carbocycles. The van der Waals surface area contributed by atoms with Crippen LogP contribution in [0.15, 0.2) is 50.2 Å². The lowest BCUT2D eigenvalue weighted by atomic mass is 10.2. The Hall–Kier alpha value is -1.86. The van der Waals surface area contributed by atoms with Crippen LogP contribution in [0.4, 0.5) is 0 Å². The molecule has 0 amide bonds. The molecule has 0 saturated carbocycles. The lowest BCUT2D eigenvalue weighted by Gasteiger charge is -2.09. The van der Waals surface area contributed by atoms with Crippen molar-refractivity contribution < 1.29 is 17.9 Å². The standard InChI is InChI=1S/C16H16BrNO4S/c1-11-4-6-13(7-5-11)23(19,20)18-10-12-8-15(21-2)16(22-3)9-14(12)17/h4-10H,1-3H3/b18-10+. The van der Waals surface area contributed by atoms with Gasteiger partial charge in [0, 0.05) is 16.3 Å². The monoisotopic (exact) mass is 397 g/mol. The van der Waals surface area contributed by atoms with Crippen LogP contribution in [0.5, 0.6) is 11.5 Å². The molecule has 0 saturated heterocycles. The molecule has 0 aliphatic heterocycles. The second-order valence-electron chi connectivity index (χ2n) is 4.75. The Bertz CT molecular complexity index is 830. The molecule has 0 spiro atoms. The van der Waals surface area contributed by atoms with Crippen molar-refractivity contribution in [3.05, 3.63) is 52.0 Å². The summed E-state index contributed by atoms with van der Waals surface area (Å²) in [6.45, 7) is 1.89. The van der Waals surface area contributed by atoms with E-state index in [1.54, 1.807) is 24.3 Å². The van der Waals surface area contributed by atoms with Gasteiger partial charge in [-0.15, -0.1) is 0 Å². The summed E-state index contributed by atoms with van der Waals surface area (Å²) in [6.07, 6.45) is 1.28. The fraction of sp³-hybridized carbons (Fsp3) is 0.188. The first-order valence-electron chi connectivity index (χ1n) is 6.66. The highest BCUT2D eigenvalue weighted by atomic mass is 79.9. The highest BCUT2D eigenvalue weighted by molar-refractivity contribution is 9.10. The Morgan fingerprint density at radius 1 is 1.04 bits per heavy atom. The molecule has 2 rings (SSSR count). The third-order valence-electron chi connectivity index (χ3n) is 3.15. The largest absolute Gasteiger partial charge is 0.493 e. The molecule has 23 heavy (non-hydrogen) atoms. The SMILES string of the molecule is COc1cc(Br)c(/C=N/S(=O)(=O)c2ccc(C)cc2)cc1OC. The van der Waals surface area contributed by atoms with E-state index in [1.807, 2.05) is 6.92 Å². The normalized spacial score (nSPS) is 11.7. The Kier molecular flexibility index (Phi) is 5.43. The maximum atomic E-state index is 12.2. The number of halogens is 1. The molecule has 0 radical (unpaired) electrons. The van der Waals surface area contributed by atoms with E-state index in [2.05, 4.69) is 20.3 Å². The van der Waals surface area contributed by atoms with Crippen molar-refractivity contribution in [3.8, 4) is 11.5 Å². The minimum absolute atomic E-state index is 0.149. The zero-order valence-corrected chi connectivity index (χ0v) is 15.3. The Morgan fingerprint density at radius 3 is 2.17 bits per heavy atom. The first-order valence-corrected chi connectivity index (χ1v) is 8.89. The van der Waals surface area contributed by atoms with Crippen molar-refractivity contribution in [1.29, 1.82) is 0 Å². The molecular weight excluding hydrogens is 382 g/mol. The molecule has 0 aromatic heterocycles. The van der Waals surface area contributed by atoms with Crippen LogP contribution < -0.4 is 9.47 Å². The number of hydrogen-bond donors (Lipinski definition) is 0. The van der Waals surface area contributed by atoms with Crippen LogP contribution in [0, 0.1) is 6.92 Å². The summed E-state index contributed by atoms with van der Waals surface area (Å²) >= 11 is 3.36. The van der Waals surface area contributed by atoms with E-state index in [9.17, 15) is 8.42 Å². The van der Waals surface area contributed by atoms with Gasteiger partial charge in [-0.05, 0) is 47.1 Å². The molecule has 0 atom stereocenters. The fourth-order valence-electron chi connectivity index (χ4n) is 1.87. The van der Waals surface area contributed by atoms with Gasteiger partial charge >= 0.3 is 0 Å². The highest BCUT2D eigenvalue weighted by Crippen LogP contribution is 2.32. The molecule has 0 unspecified atom stereocenters. The van der Waals surface area contributed by atoms with Crippen LogP contribution >= 0.6 is 15.9 Å². The van der Waals surface area contributed by atoms with Crippen molar-refractivity contribution in [3.63, 3.8) is 0 Å². The van der Waals surface area contributed by atoms with Crippen molar-refractivity contribution in [1.82, 2.24) is 0 Å². The van der Waals surface area contributed by atoms with Crippen LogP contribution in [-0.4, -0.2) is 28.9 Å². The van der Waals surface area contributed by atoms with Crippen LogP contribution in [0.3, 0.4) is 0 Å². The summed E-state index contributed by atoms with van der Waals surface area (Å²) in [5, 5.41) is 0. The van der Waals surface area contributed by atoms with E-state index in [-0.39, 0.29) is 4.90 Å². The average Bonchev–Trinajstić information content (AvgIpc) is 2.53. The molecular formula is C16H16BrNO4S. The van der Waals surface area contributed by atoms with Crippen LogP contribution in [0.2, 0.25) is 0 Å². The lowest BCUT2D eigenvalue weighted by molar-refractivity contribution is 0.354. The van der Waals surface area contributed by atoms with Gasteiger partial charge in [0.05, 0.1) is 19.1 Å². The van der Waals surface area contributed by atoms with Crippen molar-refractivity contribution in [2.45, 2.75) is 11.8 Å². The Labute approximate surface area is 144 Å². The van der Waals surface area contributed by atoms with E-state index in [1.165, 1.54) is 32.6 Å². The summed E-state index contributed by atoms with van der Waals surface area (Å²) in [7, 11) is -0.713. The number of sulfonamides is 1. The van der Waals surface area contributed by atoms with Gasteiger partial charge < -0.3 is 9.47 Å². The zero-order valence-electron chi connectivity index (χ0n) is 12.9. The first kappa shape index (κ1) is 17.5. The van der Waals surface area contributed by atoms with E-state index < -0.39 is 10.0 Å². The maximum absolute atomic E-state index is 12.2. The molecule has 0 aliphatic carbocycles. The van der Waals surface area contributed by atoms with Crippen molar-refractivity contribution in [2.75, 3.05) is 14.2 Å². The quantitative estimate of drug-likeness (QED) is 0.723. The number of rotatable bonds is 5. The summed E-state index contributed by atoms with van der Waals surface area (Å²) in [5.74, 6) is 1.03. The predicted molar refractivity (Wildman–Crippen MR) is 93.2 cm³/mol. The second kappa shape index (κ2) is 7.14. The Morgan fingerprint density at radius 2 is 1.61 bits per heavy atom. The van der Waals surface area contributed by atoms with Crippen molar-refractivity contribution >= 4 is 32.2 Å². The summed E-state index contributed by atoms with van der Waals surface area (Å²) < 4.78 is 39.2. The van der Waals surface area contributed by atoms with Crippen LogP contribution in [0.25, 0.3) is 0 Å². The molecule has 0 fully saturated rings. The first-order chi connectivity index (χ1) is 10.9. The number of benzene rings is 2. The maximum Gasteiger partial charge on any atom is 0.282 e. The summed E-state index contributed by atoms with van der Waals surface area (Å²) in [6, 6.07) is 9.87. The van der Waals surface area contributed by atoms with E-state index in [4.69, 9.17) is 9.47 Å². The third kappa shape index (κ3) is 4.11. The van der Waals surface area contributed by atoms with Gasteiger partial charge in [-0.3, -0.25) is 0 Å².